The molecule has 6 nitrogen and oxygen atoms in total. The lowest BCUT2D eigenvalue weighted by Crippen LogP contribution is -2.34. The number of nitrogens with one attached hydrogen (secondary N) is 2. The lowest BCUT2D eigenvalue weighted by atomic mass is 10.0. The first kappa shape index (κ1) is 24.6. The van der Waals surface area contributed by atoms with Gasteiger partial charge in [-0.1, -0.05) is 36.4 Å². The number of allylic oxidation sites excluding steroid dienone is 1. The number of nitrogens with zero attached hydrogens (tertiary/aromatic N) is 4. The van der Waals surface area contributed by atoms with E-state index in [-0.39, 0.29) is 6.04 Å². The lowest BCUT2D eigenvalue weighted by Gasteiger charge is -2.30. The molecule has 1 aliphatic heterocycles. The maximum absolute atomic E-state index is 5.02. The third-order valence-electron chi connectivity index (χ3n) is 6.77. The van der Waals surface area contributed by atoms with Gasteiger partial charge >= 0.3 is 0 Å². The van der Waals surface area contributed by atoms with Gasteiger partial charge in [-0.3, -0.25) is 0 Å². The highest BCUT2D eigenvalue weighted by Crippen LogP contribution is 2.27. The van der Waals surface area contributed by atoms with Crippen LogP contribution in [0.4, 0.5) is 23.3 Å². The molecule has 1 saturated heterocycles. The number of piperidine rings is 1. The smallest absolute Gasteiger partial charge is 0.229 e. The van der Waals surface area contributed by atoms with Crippen molar-refractivity contribution in [2.75, 3.05) is 35.3 Å². The Kier molecular flexibility index (Phi) is 7.91. The SMILES string of the molecule is C=Cc1[nH]cc(CC(C)N(C)c2nc(Nc3ccc(C)cc3)cc(N3CCCCC3)n2)c1/C=C\C. The minimum atomic E-state index is 0.205. The van der Waals surface area contributed by atoms with Crippen LogP contribution in [0.1, 0.15) is 55.5 Å². The van der Waals surface area contributed by atoms with Gasteiger partial charge in [0.1, 0.15) is 11.6 Å². The molecule has 0 amide bonds. The number of likely N-dealkylation sites (N-methyl/N-ethyl adjacent to an activating group) is 1. The minimum Gasteiger partial charge on any atom is -0.361 e. The molecule has 0 spiro atoms. The fraction of sp³-hybridized carbons (Fsp3) is 0.379. The molecule has 1 aliphatic rings. The van der Waals surface area contributed by atoms with E-state index in [1.54, 1.807) is 0 Å². The molecule has 2 aromatic heterocycles. The quantitative estimate of drug-likeness (QED) is 0.369. The van der Waals surface area contributed by atoms with E-state index in [0.29, 0.717) is 0 Å². The lowest BCUT2D eigenvalue weighted by molar-refractivity contribution is 0.572. The second-order valence-electron chi connectivity index (χ2n) is 9.46. The van der Waals surface area contributed by atoms with Gasteiger partial charge in [-0.2, -0.15) is 9.97 Å². The standard InChI is InChI=1S/C29H38N6/c1-6-11-25-23(20-30-26(25)7-2)18-22(4)34(5)29-32-27(31-24-14-12-21(3)13-15-24)19-28(33-29)35-16-9-8-10-17-35/h6-7,11-15,19-20,22,30H,2,8-10,16-18H2,1,3-5H3,(H,31,32,33)/b11-6-. The van der Waals surface area contributed by atoms with Crippen molar-refractivity contribution in [3.05, 3.63) is 71.6 Å². The Labute approximate surface area is 209 Å². The molecule has 0 bridgehead atoms. The molecule has 0 radical (unpaired) electrons. The molecule has 6 heteroatoms. The summed E-state index contributed by atoms with van der Waals surface area (Å²) in [5, 5.41) is 3.50. The van der Waals surface area contributed by atoms with E-state index in [0.717, 1.165) is 48.5 Å². The molecule has 1 fully saturated rings. The summed E-state index contributed by atoms with van der Waals surface area (Å²) in [5.41, 5.74) is 5.79. The van der Waals surface area contributed by atoms with E-state index in [9.17, 15) is 0 Å². The topological polar surface area (TPSA) is 60.1 Å². The van der Waals surface area contributed by atoms with Crippen LogP contribution >= 0.6 is 0 Å². The largest absolute Gasteiger partial charge is 0.361 e. The highest BCUT2D eigenvalue weighted by molar-refractivity contribution is 5.66. The maximum atomic E-state index is 5.02. The Hall–Kier alpha value is -3.54. The molecule has 1 aromatic carbocycles. The van der Waals surface area contributed by atoms with Crippen LogP contribution < -0.4 is 15.1 Å². The Balaban J connectivity index is 1.61. The van der Waals surface area contributed by atoms with E-state index in [1.807, 2.05) is 13.0 Å². The van der Waals surface area contributed by atoms with Crippen LogP contribution in [0.25, 0.3) is 12.2 Å². The van der Waals surface area contributed by atoms with E-state index in [4.69, 9.17) is 9.97 Å². The summed E-state index contributed by atoms with van der Waals surface area (Å²) in [7, 11) is 2.09. The minimum absolute atomic E-state index is 0.205. The molecular weight excluding hydrogens is 432 g/mol. The highest BCUT2D eigenvalue weighted by Gasteiger charge is 2.20. The molecule has 3 heterocycles. The van der Waals surface area contributed by atoms with Gasteiger partial charge in [-0.05, 0) is 70.2 Å². The van der Waals surface area contributed by atoms with E-state index < -0.39 is 0 Å². The molecule has 35 heavy (non-hydrogen) atoms. The van der Waals surface area contributed by atoms with Gasteiger partial charge in [0.2, 0.25) is 5.95 Å². The molecule has 0 saturated carbocycles. The third-order valence-corrected chi connectivity index (χ3v) is 6.77. The summed E-state index contributed by atoms with van der Waals surface area (Å²) < 4.78 is 0. The van der Waals surface area contributed by atoms with Crippen LogP contribution in [0.2, 0.25) is 0 Å². The number of aryl methyl sites for hydroxylation is 1. The van der Waals surface area contributed by atoms with Gasteiger partial charge in [0.25, 0.3) is 0 Å². The number of H-pyrrole nitrogens is 1. The van der Waals surface area contributed by atoms with Crippen LogP contribution in [0.3, 0.4) is 0 Å². The maximum Gasteiger partial charge on any atom is 0.229 e. The number of aromatic amines is 1. The Morgan fingerprint density at radius 1 is 1.17 bits per heavy atom. The van der Waals surface area contributed by atoms with Crippen LogP contribution in [0.5, 0.6) is 0 Å². The molecule has 1 atom stereocenters. The Morgan fingerprint density at radius 3 is 2.60 bits per heavy atom. The second kappa shape index (κ2) is 11.3. The zero-order valence-electron chi connectivity index (χ0n) is 21.5. The van der Waals surface area contributed by atoms with Gasteiger partial charge < -0.3 is 20.1 Å². The molecule has 4 rings (SSSR count). The van der Waals surface area contributed by atoms with E-state index in [2.05, 4.69) is 96.3 Å². The summed E-state index contributed by atoms with van der Waals surface area (Å²) in [6.07, 6.45) is 12.8. The zero-order chi connectivity index (χ0) is 24.8. The molecular formula is C29H38N6. The van der Waals surface area contributed by atoms with Gasteiger partial charge in [0.05, 0.1) is 0 Å². The van der Waals surface area contributed by atoms with Crippen LogP contribution in [-0.2, 0) is 6.42 Å². The number of hydrogen-bond acceptors (Lipinski definition) is 5. The molecule has 184 valence electrons. The van der Waals surface area contributed by atoms with Gasteiger partial charge in [-0.25, -0.2) is 0 Å². The second-order valence-corrected chi connectivity index (χ2v) is 9.46. The van der Waals surface area contributed by atoms with Crippen molar-refractivity contribution in [1.82, 2.24) is 15.0 Å². The first-order chi connectivity index (χ1) is 17.0. The average molecular weight is 471 g/mol. The monoisotopic (exact) mass is 470 g/mol. The van der Waals surface area contributed by atoms with Crippen molar-refractivity contribution < 1.29 is 0 Å². The average Bonchev–Trinajstić information content (AvgIpc) is 3.26. The number of aromatic nitrogens is 3. The summed E-state index contributed by atoms with van der Waals surface area (Å²) in [6, 6.07) is 10.7. The summed E-state index contributed by atoms with van der Waals surface area (Å²) in [4.78, 5) is 17.9. The first-order valence-electron chi connectivity index (χ1n) is 12.6. The van der Waals surface area contributed by atoms with Gasteiger partial charge in [0, 0.05) is 55.4 Å². The van der Waals surface area contributed by atoms with Crippen molar-refractivity contribution >= 4 is 35.4 Å². The number of rotatable bonds is 9. The fourth-order valence-corrected chi connectivity index (χ4v) is 4.56. The van der Waals surface area contributed by atoms with Crippen molar-refractivity contribution in [3.8, 4) is 0 Å². The van der Waals surface area contributed by atoms with Crippen LogP contribution in [0.15, 0.2) is 49.2 Å². The fourth-order valence-electron chi connectivity index (χ4n) is 4.56. The van der Waals surface area contributed by atoms with Crippen LogP contribution in [0, 0.1) is 6.92 Å². The number of hydrogen-bond donors (Lipinski definition) is 2. The molecule has 3 aromatic rings. The Morgan fingerprint density at radius 2 is 1.91 bits per heavy atom. The van der Waals surface area contributed by atoms with E-state index >= 15 is 0 Å². The van der Waals surface area contributed by atoms with Crippen molar-refractivity contribution in [2.24, 2.45) is 0 Å². The molecule has 1 unspecified atom stereocenters. The normalized spacial score (nSPS) is 14.8. The number of anilines is 4. The zero-order valence-corrected chi connectivity index (χ0v) is 21.5. The summed E-state index contributed by atoms with van der Waals surface area (Å²) in [6.45, 7) is 12.4. The Bertz CT molecular complexity index is 1150. The first-order valence-corrected chi connectivity index (χ1v) is 12.6. The van der Waals surface area contributed by atoms with E-state index in [1.165, 1.54) is 36.0 Å². The third kappa shape index (κ3) is 5.94. The predicted octanol–water partition coefficient (Wildman–Crippen LogP) is 6.59. The summed E-state index contributed by atoms with van der Waals surface area (Å²) >= 11 is 0. The molecule has 0 aliphatic carbocycles. The van der Waals surface area contributed by atoms with Crippen molar-refractivity contribution in [3.63, 3.8) is 0 Å². The molecule has 2 N–H and O–H groups in total. The van der Waals surface area contributed by atoms with Crippen molar-refractivity contribution in [2.45, 2.75) is 52.5 Å². The highest BCUT2D eigenvalue weighted by atomic mass is 15.3. The predicted molar refractivity (Wildman–Crippen MR) is 150 cm³/mol. The summed E-state index contributed by atoms with van der Waals surface area (Å²) in [5.74, 6) is 2.56. The van der Waals surface area contributed by atoms with Gasteiger partial charge in [-0.15, -0.1) is 0 Å². The number of benzene rings is 1. The van der Waals surface area contributed by atoms with Crippen LogP contribution in [-0.4, -0.2) is 41.1 Å². The van der Waals surface area contributed by atoms with Crippen molar-refractivity contribution in [1.29, 1.82) is 0 Å². The van der Waals surface area contributed by atoms with Gasteiger partial charge in [0.15, 0.2) is 0 Å².